The minimum atomic E-state index is 0.0511. The molecule has 2 heterocycles. The molecular weight excluding hydrogens is 328 g/mol. The third kappa shape index (κ3) is 3.89. The molecule has 1 aromatic heterocycles. The number of benzene rings is 2. The number of ether oxygens (including phenoxy) is 1. The van der Waals surface area contributed by atoms with Crippen molar-refractivity contribution in [3.63, 3.8) is 0 Å². The first kappa shape index (κ1) is 16.7. The second-order valence-corrected chi connectivity index (χ2v) is 6.68. The minimum absolute atomic E-state index is 0.0511. The van der Waals surface area contributed by atoms with Crippen LogP contribution in [0.2, 0.25) is 0 Å². The quantitative estimate of drug-likeness (QED) is 0.762. The minimum Gasteiger partial charge on any atom is -0.484 e. The molecule has 4 rings (SSSR count). The molecular formula is C21H23N2O3+. The van der Waals surface area contributed by atoms with Gasteiger partial charge in [-0.25, -0.2) is 0 Å². The summed E-state index contributed by atoms with van der Waals surface area (Å²) in [5.41, 5.74) is 0. The fourth-order valence-electron chi connectivity index (χ4n) is 3.40. The van der Waals surface area contributed by atoms with Gasteiger partial charge in [-0.3, -0.25) is 4.79 Å². The SMILES string of the molecule is O=C(COc1ccc2ccccc2c1)N1CC[NH+](Cc2ccco2)CC1. The Morgan fingerprint density at radius 3 is 2.62 bits per heavy atom. The van der Waals surface area contributed by atoms with E-state index >= 15 is 0 Å². The molecule has 134 valence electrons. The number of carbonyl (C=O) groups excluding carboxylic acids is 1. The zero-order valence-electron chi connectivity index (χ0n) is 14.7. The average molecular weight is 351 g/mol. The molecule has 1 N–H and O–H groups in total. The van der Waals surface area contributed by atoms with E-state index in [2.05, 4.69) is 6.07 Å². The standard InChI is InChI=1S/C21H22N2O3/c24-21(16-26-19-8-7-17-4-1-2-5-18(17)14-19)23-11-9-22(10-12-23)15-20-6-3-13-25-20/h1-8,13-14H,9-12,15-16H2/p+1. The first-order valence-electron chi connectivity index (χ1n) is 9.03. The topological polar surface area (TPSA) is 47.1 Å². The van der Waals surface area contributed by atoms with Crippen LogP contribution in [0.25, 0.3) is 10.8 Å². The van der Waals surface area contributed by atoms with Crippen LogP contribution in [0, 0.1) is 0 Å². The van der Waals surface area contributed by atoms with E-state index in [4.69, 9.17) is 9.15 Å². The Morgan fingerprint density at radius 1 is 1.04 bits per heavy atom. The fourth-order valence-corrected chi connectivity index (χ4v) is 3.40. The monoisotopic (exact) mass is 351 g/mol. The second-order valence-electron chi connectivity index (χ2n) is 6.68. The van der Waals surface area contributed by atoms with Crippen molar-refractivity contribution >= 4 is 16.7 Å². The number of piperazine rings is 1. The summed E-state index contributed by atoms with van der Waals surface area (Å²) in [4.78, 5) is 15.8. The first-order chi connectivity index (χ1) is 12.8. The highest BCUT2D eigenvalue weighted by molar-refractivity contribution is 5.84. The van der Waals surface area contributed by atoms with Crippen molar-refractivity contribution in [2.75, 3.05) is 32.8 Å². The lowest BCUT2D eigenvalue weighted by Gasteiger charge is -2.31. The Labute approximate surface area is 152 Å². The summed E-state index contributed by atoms with van der Waals surface area (Å²) in [6.07, 6.45) is 1.71. The van der Waals surface area contributed by atoms with Crippen LogP contribution < -0.4 is 9.64 Å². The highest BCUT2D eigenvalue weighted by atomic mass is 16.5. The summed E-state index contributed by atoms with van der Waals surface area (Å²) in [5, 5.41) is 2.29. The van der Waals surface area contributed by atoms with Gasteiger partial charge in [-0.15, -0.1) is 0 Å². The maximum Gasteiger partial charge on any atom is 0.260 e. The van der Waals surface area contributed by atoms with Crippen molar-refractivity contribution in [3.05, 3.63) is 66.6 Å². The van der Waals surface area contributed by atoms with E-state index in [9.17, 15) is 4.79 Å². The summed E-state index contributed by atoms with van der Waals surface area (Å²) in [5.74, 6) is 1.79. The van der Waals surface area contributed by atoms with Crippen molar-refractivity contribution in [1.82, 2.24) is 4.90 Å². The summed E-state index contributed by atoms with van der Waals surface area (Å²) in [6.45, 7) is 4.35. The van der Waals surface area contributed by atoms with Gasteiger partial charge in [0.1, 0.15) is 12.3 Å². The summed E-state index contributed by atoms with van der Waals surface area (Å²) < 4.78 is 11.1. The Morgan fingerprint density at radius 2 is 1.85 bits per heavy atom. The number of nitrogens with zero attached hydrogens (tertiary/aromatic N) is 1. The largest absolute Gasteiger partial charge is 0.484 e. The molecule has 1 aliphatic heterocycles. The smallest absolute Gasteiger partial charge is 0.260 e. The van der Waals surface area contributed by atoms with E-state index in [1.807, 2.05) is 53.4 Å². The first-order valence-corrected chi connectivity index (χ1v) is 9.03. The van der Waals surface area contributed by atoms with E-state index in [1.165, 1.54) is 10.3 Å². The van der Waals surface area contributed by atoms with Crippen molar-refractivity contribution in [2.45, 2.75) is 6.54 Å². The molecule has 0 saturated carbocycles. The number of quaternary nitrogens is 1. The van der Waals surface area contributed by atoms with E-state index in [0.717, 1.165) is 49.6 Å². The maximum absolute atomic E-state index is 12.4. The lowest BCUT2D eigenvalue weighted by Crippen LogP contribution is -3.13. The molecule has 0 radical (unpaired) electrons. The summed E-state index contributed by atoms with van der Waals surface area (Å²) >= 11 is 0. The zero-order valence-corrected chi connectivity index (χ0v) is 14.7. The van der Waals surface area contributed by atoms with Gasteiger partial charge in [0.15, 0.2) is 12.4 Å². The fraction of sp³-hybridized carbons (Fsp3) is 0.286. The van der Waals surface area contributed by atoms with Crippen LogP contribution in [0.15, 0.2) is 65.3 Å². The predicted octanol–water partition coefficient (Wildman–Crippen LogP) is 1.74. The molecule has 0 bridgehead atoms. The van der Waals surface area contributed by atoms with Crippen LogP contribution in [-0.2, 0) is 11.3 Å². The second kappa shape index (κ2) is 7.62. The van der Waals surface area contributed by atoms with Crippen LogP contribution in [0.3, 0.4) is 0 Å². The lowest BCUT2D eigenvalue weighted by atomic mass is 10.1. The number of hydrogen-bond donors (Lipinski definition) is 1. The molecule has 3 aromatic rings. The van der Waals surface area contributed by atoms with E-state index < -0.39 is 0 Å². The van der Waals surface area contributed by atoms with Crippen LogP contribution in [0.5, 0.6) is 5.75 Å². The van der Waals surface area contributed by atoms with Crippen LogP contribution >= 0.6 is 0 Å². The number of nitrogens with one attached hydrogen (secondary N) is 1. The molecule has 5 nitrogen and oxygen atoms in total. The van der Waals surface area contributed by atoms with Gasteiger partial charge in [-0.05, 0) is 35.0 Å². The Bertz CT molecular complexity index is 868. The molecule has 1 saturated heterocycles. The van der Waals surface area contributed by atoms with Crippen LogP contribution in [0.4, 0.5) is 0 Å². The Hall–Kier alpha value is -2.79. The molecule has 1 fully saturated rings. The van der Waals surface area contributed by atoms with Crippen molar-refractivity contribution in [2.24, 2.45) is 0 Å². The van der Waals surface area contributed by atoms with Crippen LogP contribution in [0.1, 0.15) is 5.76 Å². The molecule has 1 aliphatic rings. The van der Waals surface area contributed by atoms with Crippen molar-refractivity contribution in [1.29, 1.82) is 0 Å². The van der Waals surface area contributed by atoms with Gasteiger partial charge in [0.25, 0.3) is 5.91 Å². The highest BCUT2D eigenvalue weighted by Gasteiger charge is 2.24. The van der Waals surface area contributed by atoms with E-state index in [1.54, 1.807) is 6.26 Å². The molecule has 2 aromatic carbocycles. The number of carbonyl (C=O) groups is 1. The highest BCUT2D eigenvalue weighted by Crippen LogP contribution is 2.20. The molecule has 0 aliphatic carbocycles. The Balaban J connectivity index is 1.27. The van der Waals surface area contributed by atoms with E-state index in [0.29, 0.717) is 0 Å². The number of rotatable bonds is 5. The number of amides is 1. The third-order valence-corrected chi connectivity index (χ3v) is 4.91. The van der Waals surface area contributed by atoms with Gasteiger partial charge in [-0.2, -0.15) is 0 Å². The van der Waals surface area contributed by atoms with Gasteiger partial charge in [0, 0.05) is 0 Å². The number of hydrogen-bond acceptors (Lipinski definition) is 3. The van der Waals surface area contributed by atoms with Crippen LogP contribution in [-0.4, -0.2) is 43.6 Å². The molecule has 1 amide bonds. The van der Waals surface area contributed by atoms with Gasteiger partial charge >= 0.3 is 0 Å². The van der Waals surface area contributed by atoms with Gasteiger partial charge < -0.3 is 19.0 Å². The summed E-state index contributed by atoms with van der Waals surface area (Å²) in [7, 11) is 0. The van der Waals surface area contributed by atoms with E-state index in [-0.39, 0.29) is 12.5 Å². The zero-order chi connectivity index (χ0) is 17.8. The number of fused-ring (bicyclic) bond motifs is 1. The lowest BCUT2D eigenvalue weighted by molar-refractivity contribution is -0.918. The molecule has 26 heavy (non-hydrogen) atoms. The van der Waals surface area contributed by atoms with Crippen molar-refractivity contribution in [3.8, 4) is 5.75 Å². The van der Waals surface area contributed by atoms with Gasteiger partial charge in [-0.1, -0.05) is 30.3 Å². The molecule has 0 spiro atoms. The maximum atomic E-state index is 12.4. The number of furan rings is 1. The molecule has 0 atom stereocenters. The van der Waals surface area contributed by atoms with Crippen molar-refractivity contribution < 1.29 is 18.8 Å². The van der Waals surface area contributed by atoms with Gasteiger partial charge in [0.05, 0.1) is 32.4 Å². The third-order valence-electron chi connectivity index (χ3n) is 4.91. The normalized spacial score (nSPS) is 15.3. The predicted molar refractivity (Wildman–Crippen MR) is 99.1 cm³/mol. The summed E-state index contributed by atoms with van der Waals surface area (Å²) in [6, 6.07) is 18.0. The van der Waals surface area contributed by atoms with Gasteiger partial charge in [0.2, 0.25) is 0 Å². The average Bonchev–Trinajstić information content (AvgIpc) is 3.19. The Kier molecular flexibility index (Phi) is 4.88. The molecule has 5 heteroatoms. The molecule has 0 unspecified atom stereocenters.